The van der Waals surface area contributed by atoms with E-state index in [4.69, 9.17) is 16.3 Å². The summed E-state index contributed by atoms with van der Waals surface area (Å²) in [6.45, 7) is 2.91. The number of morpholine rings is 1. The van der Waals surface area contributed by atoms with E-state index in [1.165, 1.54) is 11.3 Å². The molecule has 0 radical (unpaired) electrons. The van der Waals surface area contributed by atoms with Crippen LogP contribution in [0.3, 0.4) is 0 Å². The van der Waals surface area contributed by atoms with Gasteiger partial charge in [0.05, 0.1) is 23.4 Å². The molecule has 1 atom stereocenters. The summed E-state index contributed by atoms with van der Waals surface area (Å²) in [6.07, 6.45) is 0.855. The van der Waals surface area contributed by atoms with Gasteiger partial charge in [0.1, 0.15) is 11.1 Å². The molecule has 2 aromatic rings. The fourth-order valence-electron chi connectivity index (χ4n) is 2.10. The summed E-state index contributed by atoms with van der Waals surface area (Å²) >= 11 is 10.9. The van der Waals surface area contributed by atoms with Gasteiger partial charge in [0.15, 0.2) is 5.82 Å². The molecule has 8 heteroatoms. The van der Waals surface area contributed by atoms with E-state index in [1.54, 1.807) is 0 Å². The van der Waals surface area contributed by atoms with E-state index in [1.807, 2.05) is 6.07 Å². The molecule has 5 nitrogen and oxygen atoms in total. The molecule has 3 rings (SSSR count). The molecule has 0 amide bonds. The van der Waals surface area contributed by atoms with Crippen LogP contribution in [0.2, 0.25) is 5.28 Å². The SMILES string of the molecule is O=CC(Br)c1cc2nc(Cl)nc(N3CCOCC3)c2s1. The first-order valence-electron chi connectivity index (χ1n) is 6.08. The molecule has 0 N–H and O–H groups in total. The summed E-state index contributed by atoms with van der Waals surface area (Å²) in [7, 11) is 0. The van der Waals surface area contributed by atoms with E-state index in [0.717, 1.165) is 40.3 Å². The van der Waals surface area contributed by atoms with Crippen molar-refractivity contribution in [3.63, 3.8) is 0 Å². The van der Waals surface area contributed by atoms with Crippen molar-refractivity contribution in [3.05, 3.63) is 16.2 Å². The van der Waals surface area contributed by atoms with Crippen molar-refractivity contribution in [2.75, 3.05) is 31.2 Å². The van der Waals surface area contributed by atoms with Gasteiger partial charge >= 0.3 is 0 Å². The minimum atomic E-state index is -0.321. The van der Waals surface area contributed by atoms with Crippen LogP contribution < -0.4 is 4.90 Å². The average molecular weight is 377 g/mol. The van der Waals surface area contributed by atoms with Crippen molar-refractivity contribution in [1.82, 2.24) is 9.97 Å². The van der Waals surface area contributed by atoms with Gasteiger partial charge in [0.2, 0.25) is 5.28 Å². The molecule has 0 saturated carbocycles. The van der Waals surface area contributed by atoms with Gasteiger partial charge in [-0.15, -0.1) is 11.3 Å². The number of carbonyl (C=O) groups excluding carboxylic acids is 1. The van der Waals surface area contributed by atoms with Crippen molar-refractivity contribution < 1.29 is 9.53 Å². The largest absolute Gasteiger partial charge is 0.378 e. The van der Waals surface area contributed by atoms with E-state index >= 15 is 0 Å². The van der Waals surface area contributed by atoms with Crippen molar-refractivity contribution in [1.29, 1.82) is 0 Å². The number of aromatic nitrogens is 2. The molecule has 0 aromatic carbocycles. The van der Waals surface area contributed by atoms with Crippen molar-refractivity contribution in [2.24, 2.45) is 0 Å². The van der Waals surface area contributed by atoms with Crippen molar-refractivity contribution in [3.8, 4) is 0 Å². The van der Waals surface area contributed by atoms with Crippen LogP contribution in [0.15, 0.2) is 6.07 Å². The van der Waals surface area contributed by atoms with E-state index in [2.05, 4.69) is 30.8 Å². The van der Waals surface area contributed by atoms with Crippen molar-refractivity contribution in [2.45, 2.75) is 4.83 Å². The van der Waals surface area contributed by atoms with Gasteiger partial charge in [-0.25, -0.2) is 4.98 Å². The van der Waals surface area contributed by atoms with E-state index in [9.17, 15) is 4.79 Å². The first kappa shape index (κ1) is 14.2. The number of rotatable bonds is 3. The molecule has 106 valence electrons. The molecule has 2 aromatic heterocycles. The Kier molecular flexibility index (Phi) is 4.21. The van der Waals surface area contributed by atoms with Crippen LogP contribution in [0.5, 0.6) is 0 Å². The minimum absolute atomic E-state index is 0.223. The second-order valence-corrected chi connectivity index (χ2v) is 6.72. The Balaban J connectivity index is 2.09. The number of nitrogens with zero attached hydrogens (tertiary/aromatic N) is 3. The van der Waals surface area contributed by atoms with E-state index < -0.39 is 0 Å². The lowest BCUT2D eigenvalue weighted by atomic mass is 10.3. The average Bonchev–Trinajstić information content (AvgIpc) is 2.90. The van der Waals surface area contributed by atoms with Crippen LogP contribution in [0, 0.1) is 0 Å². The fraction of sp³-hybridized carbons (Fsp3) is 0.417. The molecule has 0 aliphatic carbocycles. The summed E-state index contributed by atoms with van der Waals surface area (Å²) < 4.78 is 6.31. The van der Waals surface area contributed by atoms with Gasteiger partial charge in [-0.2, -0.15) is 4.98 Å². The predicted molar refractivity (Wildman–Crippen MR) is 83.2 cm³/mol. The first-order valence-corrected chi connectivity index (χ1v) is 8.19. The number of alkyl halides is 1. The maximum atomic E-state index is 10.9. The smallest absolute Gasteiger partial charge is 0.224 e. The van der Waals surface area contributed by atoms with Gasteiger partial charge in [-0.05, 0) is 17.7 Å². The Bertz CT molecular complexity index is 645. The first-order chi connectivity index (χ1) is 9.69. The normalized spacial score (nSPS) is 17.4. The van der Waals surface area contributed by atoms with Gasteiger partial charge in [0, 0.05) is 18.0 Å². The number of anilines is 1. The second-order valence-electron chi connectivity index (χ2n) is 4.32. The number of halogens is 2. The lowest BCUT2D eigenvalue weighted by Gasteiger charge is -2.28. The quantitative estimate of drug-likeness (QED) is 0.468. The number of ether oxygens (including phenoxy) is 1. The third-order valence-electron chi connectivity index (χ3n) is 3.05. The molecule has 0 bridgehead atoms. The number of fused-ring (bicyclic) bond motifs is 1. The Hall–Kier alpha value is -0.760. The molecule has 3 heterocycles. The number of hydrogen-bond donors (Lipinski definition) is 0. The highest BCUT2D eigenvalue weighted by Crippen LogP contribution is 2.37. The molecule has 1 unspecified atom stereocenters. The standard InChI is InChI=1S/C12H11BrClN3O2S/c13-7(6-18)9-5-8-10(20-9)11(16-12(14)15-8)17-1-3-19-4-2-17/h5-7H,1-4H2. The van der Waals surface area contributed by atoms with Gasteiger partial charge < -0.3 is 14.4 Å². The zero-order valence-electron chi connectivity index (χ0n) is 10.4. The van der Waals surface area contributed by atoms with E-state index in [0.29, 0.717) is 13.2 Å². The van der Waals surface area contributed by atoms with Crippen LogP contribution in [0.4, 0.5) is 5.82 Å². The zero-order chi connectivity index (χ0) is 14.1. The summed E-state index contributed by atoms with van der Waals surface area (Å²) in [6, 6.07) is 1.88. The van der Waals surface area contributed by atoms with Crippen LogP contribution >= 0.6 is 38.9 Å². The topological polar surface area (TPSA) is 55.3 Å². The fourth-order valence-corrected chi connectivity index (χ4v) is 3.73. The van der Waals surface area contributed by atoms with Gasteiger partial charge in [-0.1, -0.05) is 15.9 Å². The Morgan fingerprint density at radius 1 is 1.45 bits per heavy atom. The zero-order valence-corrected chi connectivity index (χ0v) is 13.5. The number of carbonyl (C=O) groups is 1. The Morgan fingerprint density at radius 3 is 2.90 bits per heavy atom. The highest BCUT2D eigenvalue weighted by Gasteiger charge is 2.20. The predicted octanol–water partition coefficient (Wildman–Crippen LogP) is 2.82. The summed E-state index contributed by atoms with van der Waals surface area (Å²) in [5.74, 6) is 0.824. The Labute approximate surface area is 133 Å². The van der Waals surface area contributed by atoms with Gasteiger partial charge in [-0.3, -0.25) is 0 Å². The second kappa shape index (κ2) is 5.93. The lowest BCUT2D eigenvalue weighted by Crippen LogP contribution is -2.36. The molecular formula is C12H11BrClN3O2S. The highest BCUT2D eigenvalue weighted by atomic mass is 79.9. The summed E-state index contributed by atoms with van der Waals surface area (Å²) in [5.41, 5.74) is 0.776. The highest BCUT2D eigenvalue weighted by molar-refractivity contribution is 9.09. The third kappa shape index (κ3) is 2.67. The van der Waals surface area contributed by atoms with Crippen LogP contribution in [-0.4, -0.2) is 42.6 Å². The van der Waals surface area contributed by atoms with Crippen molar-refractivity contribution >= 4 is 61.2 Å². The minimum Gasteiger partial charge on any atom is -0.378 e. The monoisotopic (exact) mass is 375 g/mol. The number of thiophene rings is 1. The maximum absolute atomic E-state index is 10.9. The lowest BCUT2D eigenvalue weighted by molar-refractivity contribution is -0.107. The molecule has 20 heavy (non-hydrogen) atoms. The van der Waals surface area contributed by atoms with Gasteiger partial charge in [0.25, 0.3) is 0 Å². The summed E-state index contributed by atoms with van der Waals surface area (Å²) in [5, 5.41) is 0.223. The summed E-state index contributed by atoms with van der Waals surface area (Å²) in [4.78, 5) is 22.2. The molecular weight excluding hydrogens is 366 g/mol. The number of hydrogen-bond acceptors (Lipinski definition) is 6. The van der Waals surface area contributed by atoms with E-state index in [-0.39, 0.29) is 10.1 Å². The maximum Gasteiger partial charge on any atom is 0.224 e. The molecule has 1 saturated heterocycles. The van der Waals surface area contributed by atoms with Crippen LogP contribution in [0.25, 0.3) is 10.2 Å². The third-order valence-corrected chi connectivity index (χ3v) is 5.43. The number of aldehydes is 1. The van der Waals surface area contributed by atoms with Crippen LogP contribution in [-0.2, 0) is 9.53 Å². The Morgan fingerprint density at radius 2 is 2.20 bits per heavy atom. The molecule has 0 spiro atoms. The molecule has 1 aliphatic heterocycles. The van der Waals surface area contributed by atoms with Crippen LogP contribution in [0.1, 0.15) is 9.70 Å². The molecule has 1 fully saturated rings. The molecule has 1 aliphatic rings.